The molecule has 2 rings (SSSR count). The van der Waals surface area contributed by atoms with E-state index >= 15 is 0 Å². The van der Waals surface area contributed by atoms with Gasteiger partial charge in [0.2, 0.25) is 0 Å². The highest BCUT2D eigenvalue weighted by molar-refractivity contribution is 5.89. The van der Waals surface area contributed by atoms with Crippen LogP contribution < -0.4 is 4.74 Å². The number of benzene rings is 1. The van der Waals surface area contributed by atoms with Crippen LogP contribution in [0.4, 0.5) is 0 Å². The molecule has 5 nitrogen and oxygen atoms in total. The summed E-state index contributed by atoms with van der Waals surface area (Å²) in [7, 11) is 1.55. The van der Waals surface area contributed by atoms with Crippen LogP contribution in [0.3, 0.4) is 0 Å². The molecule has 0 amide bonds. The number of H-pyrrole nitrogens is 1. The number of aliphatic hydroxyl groups excluding tert-OH is 1. The molecule has 1 atom stereocenters. The van der Waals surface area contributed by atoms with Crippen molar-refractivity contribution in [3.8, 4) is 5.75 Å². The molecule has 0 bridgehead atoms. The first-order valence-electron chi connectivity index (χ1n) is 5.17. The molecule has 0 saturated heterocycles. The second-order valence-electron chi connectivity index (χ2n) is 3.75. The summed E-state index contributed by atoms with van der Waals surface area (Å²) in [6, 6.07) is 5.51. The summed E-state index contributed by atoms with van der Waals surface area (Å²) in [5.74, 6) is -0.564. The average Bonchev–Trinajstić information content (AvgIpc) is 2.72. The topological polar surface area (TPSA) is 82.5 Å². The van der Waals surface area contributed by atoms with E-state index in [-0.39, 0.29) is 6.42 Å². The number of carboxylic acids is 1. The van der Waals surface area contributed by atoms with E-state index in [4.69, 9.17) is 9.84 Å². The summed E-state index contributed by atoms with van der Waals surface area (Å²) < 4.78 is 5.22. The van der Waals surface area contributed by atoms with Crippen molar-refractivity contribution in [1.29, 1.82) is 0 Å². The van der Waals surface area contributed by atoms with E-state index in [0.717, 1.165) is 16.5 Å². The first kappa shape index (κ1) is 11.5. The first-order valence-corrected chi connectivity index (χ1v) is 5.17. The summed E-state index contributed by atoms with van der Waals surface area (Å²) in [4.78, 5) is 13.6. The number of hydrogen-bond donors (Lipinski definition) is 3. The highest BCUT2D eigenvalue weighted by Crippen LogP contribution is 2.29. The molecular formula is C12H13NO4. The third kappa shape index (κ3) is 2.09. The molecule has 90 valence electrons. The van der Waals surface area contributed by atoms with E-state index in [0.29, 0.717) is 5.75 Å². The van der Waals surface area contributed by atoms with Gasteiger partial charge in [-0.15, -0.1) is 0 Å². The minimum Gasteiger partial charge on any atom is -0.496 e. The Kier molecular flexibility index (Phi) is 3.01. The van der Waals surface area contributed by atoms with E-state index < -0.39 is 12.1 Å². The number of aromatic nitrogens is 1. The van der Waals surface area contributed by atoms with Gasteiger partial charge < -0.3 is 19.9 Å². The molecule has 0 unspecified atom stereocenters. The molecule has 0 fully saturated rings. The highest BCUT2D eigenvalue weighted by atomic mass is 16.5. The minimum absolute atomic E-state index is 0.0513. The number of carbonyl (C=O) groups is 1. The third-order valence-electron chi connectivity index (χ3n) is 2.67. The van der Waals surface area contributed by atoms with E-state index in [2.05, 4.69) is 4.98 Å². The van der Waals surface area contributed by atoms with E-state index in [9.17, 15) is 9.90 Å². The number of ether oxygens (including phenoxy) is 1. The first-order chi connectivity index (χ1) is 8.13. The van der Waals surface area contributed by atoms with E-state index in [1.807, 2.05) is 12.1 Å². The zero-order chi connectivity index (χ0) is 12.4. The lowest BCUT2D eigenvalue weighted by atomic mass is 10.1. The number of carboxylic acid groups (broad SMARTS) is 1. The predicted octanol–water partition coefficient (Wildman–Crippen LogP) is 1.16. The third-order valence-corrected chi connectivity index (χ3v) is 2.67. The standard InChI is InChI=1S/C12H13NO4/c1-17-10-4-2-3-8-11(10)7(6-13-8)5-9(14)12(15)16/h2-4,6,9,13-14H,5H2,1H3,(H,15,16)/t9-/m0/s1. The number of aliphatic carboxylic acids is 1. The van der Waals surface area contributed by atoms with Crippen LogP contribution in [0.25, 0.3) is 10.9 Å². The van der Waals surface area contributed by atoms with Gasteiger partial charge in [-0.05, 0) is 17.7 Å². The van der Waals surface area contributed by atoms with Crippen LogP contribution in [0.5, 0.6) is 5.75 Å². The SMILES string of the molecule is COc1cccc2[nH]cc(C[C@H](O)C(=O)O)c12. The fraction of sp³-hybridized carbons (Fsp3) is 0.250. The summed E-state index contributed by atoms with van der Waals surface area (Å²) in [6.45, 7) is 0. The Labute approximate surface area is 97.6 Å². The van der Waals surface area contributed by atoms with Gasteiger partial charge in [0, 0.05) is 23.5 Å². The summed E-state index contributed by atoms with van der Waals surface area (Å²) >= 11 is 0. The maximum absolute atomic E-state index is 10.6. The van der Waals surface area contributed by atoms with Crippen molar-refractivity contribution >= 4 is 16.9 Å². The Balaban J connectivity index is 2.44. The number of aromatic amines is 1. The van der Waals surface area contributed by atoms with Crippen LogP contribution >= 0.6 is 0 Å². The van der Waals surface area contributed by atoms with Gasteiger partial charge in [-0.25, -0.2) is 4.79 Å². The summed E-state index contributed by atoms with van der Waals surface area (Å²) in [5.41, 5.74) is 1.59. The van der Waals surface area contributed by atoms with Crippen molar-refractivity contribution in [2.45, 2.75) is 12.5 Å². The Bertz CT molecular complexity index is 546. The summed E-state index contributed by atoms with van der Waals surface area (Å²) in [6.07, 6.45) is 0.341. The zero-order valence-electron chi connectivity index (χ0n) is 9.30. The quantitative estimate of drug-likeness (QED) is 0.742. The zero-order valence-corrected chi connectivity index (χ0v) is 9.30. The number of nitrogens with one attached hydrogen (secondary N) is 1. The van der Waals surface area contributed by atoms with E-state index in [1.54, 1.807) is 19.4 Å². The normalized spacial score (nSPS) is 12.6. The van der Waals surface area contributed by atoms with Crippen molar-refractivity contribution in [1.82, 2.24) is 4.98 Å². The fourth-order valence-corrected chi connectivity index (χ4v) is 1.85. The molecule has 1 aromatic heterocycles. The lowest BCUT2D eigenvalue weighted by Crippen LogP contribution is -2.21. The number of methoxy groups -OCH3 is 1. The molecule has 17 heavy (non-hydrogen) atoms. The maximum Gasteiger partial charge on any atom is 0.332 e. The van der Waals surface area contributed by atoms with Gasteiger partial charge in [0.15, 0.2) is 6.10 Å². The fourth-order valence-electron chi connectivity index (χ4n) is 1.85. The van der Waals surface area contributed by atoms with Crippen molar-refractivity contribution in [2.75, 3.05) is 7.11 Å². The van der Waals surface area contributed by atoms with Crippen molar-refractivity contribution in [2.24, 2.45) is 0 Å². The number of aliphatic hydroxyl groups is 1. The molecule has 1 aromatic carbocycles. The predicted molar refractivity (Wildman–Crippen MR) is 62.2 cm³/mol. The highest BCUT2D eigenvalue weighted by Gasteiger charge is 2.17. The van der Waals surface area contributed by atoms with Crippen LogP contribution in [0.2, 0.25) is 0 Å². The molecule has 1 heterocycles. The Morgan fingerprint density at radius 2 is 2.29 bits per heavy atom. The molecule has 0 radical (unpaired) electrons. The average molecular weight is 235 g/mol. The molecule has 0 aliphatic carbocycles. The van der Waals surface area contributed by atoms with Gasteiger partial charge in [-0.3, -0.25) is 0 Å². The Hall–Kier alpha value is -2.01. The van der Waals surface area contributed by atoms with Crippen molar-refractivity contribution < 1.29 is 19.7 Å². The minimum atomic E-state index is -1.40. The monoisotopic (exact) mass is 235 g/mol. The maximum atomic E-state index is 10.6. The van der Waals surface area contributed by atoms with Crippen LogP contribution in [-0.2, 0) is 11.2 Å². The van der Waals surface area contributed by atoms with Gasteiger partial charge in [-0.2, -0.15) is 0 Å². The molecule has 0 spiro atoms. The van der Waals surface area contributed by atoms with E-state index in [1.165, 1.54) is 0 Å². The molecule has 3 N–H and O–H groups in total. The lowest BCUT2D eigenvalue weighted by Gasteiger charge is -2.06. The number of fused-ring (bicyclic) bond motifs is 1. The number of hydrogen-bond acceptors (Lipinski definition) is 3. The molecule has 5 heteroatoms. The largest absolute Gasteiger partial charge is 0.496 e. The van der Waals surface area contributed by atoms with Crippen molar-refractivity contribution in [3.63, 3.8) is 0 Å². The second-order valence-corrected chi connectivity index (χ2v) is 3.75. The molecule has 2 aromatic rings. The molecule has 0 aliphatic rings. The Morgan fingerprint density at radius 3 is 2.94 bits per heavy atom. The lowest BCUT2D eigenvalue weighted by molar-refractivity contribution is -0.146. The van der Waals surface area contributed by atoms with Crippen LogP contribution in [0.1, 0.15) is 5.56 Å². The van der Waals surface area contributed by atoms with Gasteiger partial charge >= 0.3 is 5.97 Å². The smallest absolute Gasteiger partial charge is 0.332 e. The van der Waals surface area contributed by atoms with Gasteiger partial charge in [0.25, 0.3) is 0 Å². The van der Waals surface area contributed by atoms with Gasteiger partial charge in [0.05, 0.1) is 7.11 Å². The summed E-state index contributed by atoms with van der Waals surface area (Å²) in [5, 5.41) is 18.9. The van der Waals surface area contributed by atoms with Crippen molar-refractivity contribution in [3.05, 3.63) is 30.0 Å². The van der Waals surface area contributed by atoms with Crippen LogP contribution in [-0.4, -0.2) is 34.4 Å². The Morgan fingerprint density at radius 1 is 1.53 bits per heavy atom. The van der Waals surface area contributed by atoms with Crippen LogP contribution in [0.15, 0.2) is 24.4 Å². The second kappa shape index (κ2) is 4.47. The number of rotatable bonds is 4. The molecule has 0 saturated carbocycles. The molecule has 0 aliphatic heterocycles. The van der Waals surface area contributed by atoms with Gasteiger partial charge in [-0.1, -0.05) is 6.07 Å². The van der Waals surface area contributed by atoms with Crippen LogP contribution in [0, 0.1) is 0 Å². The molecular weight excluding hydrogens is 222 g/mol. The van der Waals surface area contributed by atoms with Gasteiger partial charge in [0.1, 0.15) is 5.75 Å².